The van der Waals surface area contributed by atoms with Crippen molar-refractivity contribution in [2.75, 3.05) is 26.5 Å². The van der Waals surface area contributed by atoms with Crippen LogP contribution in [0.1, 0.15) is 74.3 Å². The molecule has 0 bridgehead atoms. The van der Waals surface area contributed by atoms with Crippen molar-refractivity contribution in [3.63, 3.8) is 0 Å². The first kappa shape index (κ1) is 25.1. The lowest BCUT2D eigenvalue weighted by molar-refractivity contribution is -0.139. The van der Waals surface area contributed by atoms with E-state index in [0.29, 0.717) is 44.2 Å². The molecule has 1 unspecified atom stereocenters. The molecule has 1 N–H and O–H groups in total. The van der Waals surface area contributed by atoms with Gasteiger partial charge in [-0.25, -0.2) is 4.79 Å². The van der Waals surface area contributed by atoms with Gasteiger partial charge in [0.25, 0.3) is 6.47 Å². The summed E-state index contributed by atoms with van der Waals surface area (Å²) in [6.07, 6.45) is 7.55. The largest absolute Gasteiger partial charge is 0.468 e. The van der Waals surface area contributed by atoms with Crippen molar-refractivity contribution >= 4 is 12.4 Å². The molecular weight excluding hydrogens is 399 g/mol. The number of alkyl halides is 1. The normalized spacial score (nSPS) is 19.4. The second-order valence-electron chi connectivity index (χ2n) is 8.35. The highest BCUT2D eigenvalue weighted by Crippen LogP contribution is 2.38. The van der Waals surface area contributed by atoms with Crippen LogP contribution in [0.5, 0.6) is 0 Å². The van der Waals surface area contributed by atoms with Crippen LogP contribution >= 0.6 is 0 Å². The van der Waals surface area contributed by atoms with Gasteiger partial charge in [0.15, 0.2) is 0 Å². The summed E-state index contributed by atoms with van der Waals surface area (Å²) >= 11 is 0. The smallest absolute Gasteiger partial charge is 0.335 e. The predicted octanol–water partition coefficient (Wildman–Crippen LogP) is 4.84. The Hall–Kier alpha value is -2.21. The van der Waals surface area contributed by atoms with Crippen molar-refractivity contribution in [3.8, 4) is 0 Å². The first-order valence-electron chi connectivity index (χ1n) is 11.3. The first-order chi connectivity index (χ1) is 15.1. The lowest BCUT2D eigenvalue weighted by atomic mass is 9.77. The third-order valence-corrected chi connectivity index (χ3v) is 6.30. The van der Waals surface area contributed by atoms with Crippen LogP contribution in [0.3, 0.4) is 0 Å². The van der Waals surface area contributed by atoms with Gasteiger partial charge in [-0.05, 0) is 80.2 Å². The summed E-state index contributed by atoms with van der Waals surface area (Å²) in [5, 5.41) is 8.96. The van der Waals surface area contributed by atoms with E-state index in [2.05, 4.69) is 30.8 Å². The predicted molar refractivity (Wildman–Crippen MR) is 118 cm³/mol. The summed E-state index contributed by atoms with van der Waals surface area (Å²) in [7, 11) is 0. The van der Waals surface area contributed by atoms with E-state index in [4.69, 9.17) is 14.6 Å². The molecule has 0 aliphatic heterocycles. The Morgan fingerprint density at radius 3 is 2.45 bits per heavy atom. The number of aliphatic hydroxyl groups is 1. The van der Waals surface area contributed by atoms with Gasteiger partial charge in [0, 0.05) is 0 Å². The average Bonchev–Trinajstić information content (AvgIpc) is 2.81. The van der Waals surface area contributed by atoms with E-state index >= 15 is 0 Å². The number of ether oxygens (including phenoxy) is 2. The molecule has 1 atom stereocenters. The molecule has 1 fully saturated rings. The number of esters is 1. The summed E-state index contributed by atoms with van der Waals surface area (Å²) < 4.78 is 22.4. The molecule has 2 rings (SSSR count). The Morgan fingerprint density at radius 1 is 1.16 bits per heavy atom. The maximum absolute atomic E-state index is 12.4. The lowest BCUT2D eigenvalue weighted by Gasteiger charge is -2.29. The third kappa shape index (κ3) is 8.44. The monoisotopic (exact) mass is 434 g/mol. The van der Waals surface area contributed by atoms with Crippen molar-refractivity contribution in [1.29, 1.82) is 0 Å². The molecule has 172 valence electrons. The molecule has 0 amide bonds. The van der Waals surface area contributed by atoms with Gasteiger partial charge in [0.2, 0.25) is 0 Å². The van der Waals surface area contributed by atoms with Crippen molar-refractivity contribution in [1.82, 2.24) is 0 Å². The summed E-state index contributed by atoms with van der Waals surface area (Å²) in [6.45, 7) is 3.77. The molecule has 1 aliphatic rings. The Labute approximate surface area is 184 Å². The minimum absolute atomic E-state index is 0.0320. The molecule has 1 aromatic rings. The Morgan fingerprint density at radius 2 is 1.84 bits per heavy atom. The number of carbonyl (C=O) groups is 2. The number of hydrogen-bond donors (Lipinski definition) is 1. The fourth-order valence-electron chi connectivity index (χ4n) is 4.39. The quantitative estimate of drug-likeness (QED) is 0.196. The van der Waals surface area contributed by atoms with Gasteiger partial charge in [-0.2, -0.15) is 0 Å². The molecule has 0 saturated heterocycles. The molecule has 5 nitrogen and oxygen atoms in total. The van der Waals surface area contributed by atoms with Crippen LogP contribution in [0.2, 0.25) is 0 Å². The van der Waals surface area contributed by atoms with Crippen molar-refractivity contribution < 1.29 is 28.6 Å². The van der Waals surface area contributed by atoms with Gasteiger partial charge in [-0.1, -0.05) is 30.8 Å². The molecule has 31 heavy (non-hydrogen) atoms. The standard InChI is InChI=1S/C25H35FO5/c1-19(17-27)25(29)31-16-13-24(12-15-30-18-28)23-10-8-22(9-11-23)21-6-4-20(5-7-21)3-2-14-26/h8-11,18,20-21,24,27H,1-7,12-17H2. The molecule has 6 heteroatoms. The molecule has 0 heterocycles. The van der Waals surface area contributed by atoms with E-state index in [9.17, 15) is 14.0 Å². The molecule has 1 aromatic carbocycles. The zero-order chi connectivity index (χ0) is 22.5. The zero-order valence-corrected chi connectivity index (χ0v) is 18.3. The Bertz CT molecular complexity index is 680. The van der Waals surface area contributed by atoms with Crippen LogP contribution in [-0.2, 0) is 19.1 Å². The fraction of sp³-hybridized carbons (Fsp3) is 0.600. The average molecular weight is 435 g/mol. The maximum Gasteiger partial charge on any atom is 0.335 e. The molecule has 0 radical (unpaired) electrons. The molecule has 1 saturated carbocycles. The van der Waals surface area contributed by atoms with Gasteiger partial charge >= 0.3 is 5.97 Å². The number of aliphatic hydroxyl groups excluding tert-OH is 1. The molecule has 0 aromatic heterocycles. The summed E-state index contributed by atoms with van der Waals surface area (Å²) in [5.74, 6) is 0.708. The number of carbonyl (C=O) groups excluding carboxylic acids is 2. The van der Waals surface area contributed by atoms with Gasteiger partial charge in [-0.15, -0.1) is 0 Å². The van der Waals surface area contributed by atoms with Gasteiger partial charge in [-0.3, -0.25) is 9.18 Å². The summed E-state index contributed by atoms with van der Waals surface area (Å²) in [4.78, 5) is 22.2. The van der Waals surface area contributed by atoms with E-state index in [0.717, 1.165) is 24.8 Å². The minimum Gasteiger partial charge on any atom is -0.468 e. The van der Waals surface area contributed by atoms with Crippen LogP contribution < -0.4 is 0 Å². The minimum atomic E-state index is -0.595. The van der Waals surface area contributed by atoms with Crippen molar-refractivity contribution in [2.45, 2.75) is 63.2 Å². The number of rotatable bonds is 14. The van der Waals surface area contributed by atoms with E-state index in [1.54, 1.807) is 0 Å². The lowest BCUT2D eigenvalue weighted by Crippen LogP contribution is -2.14. The summed E-state index contributed by atoms with van der Waals surface area (Å²) in [6, 6.07) is 8.58. The molecule has 0 spiro atoms. The SMILES string of the molecule is C=C(CO)C(=O)OCCC(CCOC=O)c1ccc(C2CCC(CCCF)CC2)cc1. The fourth-order valence-corrected chi connectivity index (χ4v) is 4.39. The van der Waals surface area contributed by atoms with Crippen LogP contribution in [0.25, 0.3) is 0 Å². The van der Waals surface area contributed by atoms with Gasteiger partial charge in [0.05, 0.1) is 32.1 Å². The second-order valence-corrected chi connectivity index (χ2v) is 8.35. The van der Waals surface area contributed by atoms with Crippen molar-refractivity contribution in [2.24, 2.45) is 5.92 Å². The van der Waals surface area contributed by atoms with Crippen LogP contribution in [0.15, 0.2) is 36.4 Å². The number of hydrogen-bond acceptors (Lipinski definition) is 5. The zero-order valence-electron chi connectivity index (χ0n) is 18.3. The van der Waals surface area contributed by atoms with E-state index in [1.807, 2.05) is 0 Å². The number of benzene rings is 1. The van der Waals surface area contributed by atoms with Crippen LogP contribution in [0.4, 0.5) is 4.39 Å². The highest BCUT2D eigenvalue weighted by atomic mass is 19.1. The van der Waals surface area contributed by atoms with E-state index in [-0.39, 0.29) is 24.8 Å². The molecular formula is C25H35FO5. The summed E-state index contributed by atoms with van der Waals surface area (Å²) in [5.41, 5.74) is 2.48. The van der Waals surface area contributed by atoms with Crippen LogP contribution in [-0.4, -0.2) is 44.0 Å². The highest BCUT2D eigenvalue weighted by Gasteiger charge is 2.22. The van der Waals surface area contributed by atoms with Gasteiger partial charge < -0.3 is 14.6 Å². The van der Waals surface area contributed by atoms with E-state index in [1.165, 1.54) is 18.4 Å². The maximum atomic E-state index is 12.4. The second kappa shape index (κ2) is 14.0. The number of halogens is 1. The Balaban J connectivity index is 1.92. The van der Waals surface area contributed by atoms with Gasteiger partial charge in [0.1, 0.15) is 0 Å². The first-order valence-corrected chi connectivity index (χ1v) is 11.3. The highest BCUT2D eigenvalue weighted by molar-refractivity contribution is 5.87. The van der Waals surface area contributed by atoms with E-state index < -0.39 is 12.6 Å². The van der Waals surface area contributed by atoms with Crippen LogP contribution in [0, 0.1) is 5.92 Å². The van der Waals surface area contributed by atoms with Crippen molar-refractivity contribution in [3.05, 3.63) is 47.5 Å². The topological polar surface area (TPSA) is 72.8 Å². The Kier molecular flexibility index (Phi) is 11.3. The molecule has 1 aliphatic carbocycles. The third-order valence-electron chi connectivity index (χ3n) is 6.30.